The highest BCUT2D eigenvalue weighted by atomic mass is 16.7. The molecule has 0 saturated carbocycles. The fourth-order valence-corrected chi connectivity index (χ4v) is 9.87. The number of alkyl carbamates (subject to hydrolysis) is 1. The zero-order chi connectivity index (χ0) is 56.9. The molecule has 0 spiro atoms. The molecule has 24 heteroatoms. The number of phenolic OH excluding ortho intramolecular Hbond substituents is 1. The second-order valence-corrected chi connectivity index (χ2v) is 19.4. The number of hydrogen-bond acceptors (Lipinski definition) is 16. The largest absolute Gasteiger partial charge is 0.507 e. The minimum absolute atomic E-state index is 0.0167. The highest BCUT2D eigenvalue weighted by molar-refractivity contribution is 6.31. The minimum Gasteiger partial charge on any atom is -0.507 e. The quantitative estimate of drug-likeness (QED) is 0.0192. The lowest BCUT2D eigenvalue weighted by atomic mass is 9.69. The molecule has 3 aromatic carbocycles. The summed E-state index contributed by atoms with van der Waals surface area (Å²) in [6.45, 7) is 4.13. The number of aliphatic hydroxyl groups is 2. The summed E-state index contributed by atoms with van der Waals surface area (Å²) in [5.74, 6) is 5.20. The molecule has 3 heterocycles. The van der Waals surface area contributed by atoms with Crippen LogP contribution in [0.4, 0.5) is 26.7 Å². The third-order valence-electron chi connectivity index (χ3n) is 13.8. The Morgan fingerprint density at radius 2 is 1.51 bits per heavy atom. The number of phenols is 1. The van der Waals surface area contributed by atoms with Crippen LogP contribution in [0.1, 0.15) is 89.4 Å². The lowest BCUT2D eigenvalue weighted by Crippen LogP contribution is -2.54. The fourth-order valence-electron chi connectivity index (χ4n) is 9.87. The summed E-state index contributed by atoms with van der Waals surface area (Å²) in [4.78, 5) is 130. The Kier molecular flexibility index (Phi) is 16.3. The van der Waals surface area contributed by atoms with Gasteiger partial charge in [-0.05, 0) is 86.2 Å². The van der Waals surface area contributed by atoms with Gasteiger partial charge in [0.25, 0.3) is 11.8 Å². The first-order valence-electron chi connectivity index (χ1n) is 25.1. The van der Waals surface area contributed by atoms with E-state index >= 15 is 0 Å². The number of nitrogens with two attached hydrogens (primary N) is 1. The van der Waals surface area contributed by atoms with Gasteiger partial charge in [0.2, 0.25) is 23.6 Å². The molecule has 24 nitrogen and oxygen atoms in total. The van der Waals surface area contributed by atoms with Crippen molar-refractivity contribution in [1.29, 1.82) is 0 Å². The van der Waals surface area contributed by atoms with Gasteiger partial charge in [-0.25, -0.2) is 9.59 Å². The van der Waals surface area contributed by atoms with Crippen LogP contribution in [-0.4, -0.2) is 135 Å². The van der Waals surface area contributed by atoms with E-state index in [4.69, 9.17) is 15.2 Å². The molecule has 8 rings (SSSR count). The van der Waals surface area contributed by atoms with Crippen molar-refractivity contribution in [3.8, 4) is 29.4 Å². The standard InChI is InChI=1S/C55H55N9O15/c1-28(2)46(63-40(68)13-9-23-64-42(70)20-21-43(64)71)51(75)61-36(10-8-22-57-52(56)76)50(74)60-31-16-14-30(15-17-31)27-78-53(77)58-26-41(69)59-32-18-19-33-34(24-32)49(73)44-37(66)25-35-47(45(44)48(33)72)62-38-11-6-4-5-7-12-39(67)55(35)54(38,79-55)29(3)65/h4-5,14-21,24-25,28-29,36,38-39,46,62,65-67H,8-10,13,22-23,26-27H2,1-3H3,(H,58,77)(H,59,69)(H,60,74)(H,61,75)(H,63,68)(H3,56,57,76). The van der Waals surface area contributed by atoms with E-state index in [1.54, 1.807) is 26.0 Å². The Morgan fingerprint density at radius 1 is 0.823 bits per heavy atom. The predicted molar refractivity (Wildman–Crippen MR) is 279 cm³/mol. The van der Waals surface area contributed by atoms with Crippen molar-refractivity contribution in [2.24, 2.45) is 11.7 Å². The second kappa shape index (κ2) is 23.1. The molecule has 7 atom stereocenters. The lowest BCUT2D eigenvalue weighted by Gasteiger charge is -2.37. The summed E-state index contributed by atoms with van der Waals surface area (Å²) in [5, 5.41) is 52.3. The van der Waals surface area contributed by atoms with Crippen LogP contribution in [0.2, 0.25) is 0 Å². The number of amides is 9. The van der Waals surface area contributed by atoms with Crippen molar-refractivity contribution in [3.05, 3.63) is 106 Å². The van der Waals surface area contributed by atoms with Crippen molar-refractivity contribution in [2.75, 3.05) is 35.6 Å². The number of carbonyl (C=O) groups is 10. The molecule has 12 N–H and O–H groups in total. The number of nitrogens with one attached hydrogen (secondary N) is 7. The normalized spacial score (nSPS) is 20.9. The molecular weight excluding hydrogens is 1030 g/mol. The number of aromatic hydroxyl groups is 1. The number of fused-ring (bicyclic) bond motifs is 4. The van der Waals surface area contributed by atoms with Gasteiger partial charge in [-0.3, -0.25) is 43.3 Å². The van der Waals surface area contributed by atoms with Crippen molar-refractivity contribution in [3.63, 3.8) is 0 Å². The summed E-state index contributed by atoms with van der Waals surface area (Å²) in [7, 11) is 0. The van der Waals surface area contributed by atoms with Crippen molar-refractivity contribution < 1.29 is 72.7 Å². The fraction of sp³-hybridized carbons (Fsp3) is 0.345. The van der Waals surface area contributed by atoms with Gasteiger partial charge >= 0.3 is 12.1 Å². The summed E-state index contributed by atoms with van der Waals surface area (Å²) in [6, 6.07) is 7.28. The zero-order valence-electron chi connectivity index (χ0n) is 42.8. The maximum atomic E-state index is 14.3. The van der Waals surface area contributed by atoms with E-state index in [0.717, 1.165) is 17.1 Å². The smallest absolute Gasteiger partial charge is 0.407 e. The Bertz CT molecular complexity index is 3260. The van der Waals surface area contributed by atoms with Gasteiger partial charge in [-0.15, -0.1) is 0 Å². The molecule has 2 bridgehead atoms. The molecule has 79 heavy (non-hydrogen) atoms. The number of epoxide rings is 1. The number of aliphatic hydroxyl groups excluding tert-OH is 2. The third-order valence-corrected chi connectivity index (χ3v) is 13.8. The molecule has 3 aromatic rings. The van der Waals surface area contributed by atoms with Crippen LogP contribution in [0.25, 0.3) is 0 Å². The van der Waals surface area contributed by atoms with E-state index in [9.17, 15) is 63.3 Å². The minimum atomic E-state index is -1.74. The van der Waals surface area contributed by atoms with E-state index in [2.05, 4.69) is 60.9 Å². The van der Waals surface area contributed by atoms with Crippen molar-refractivity contribution in [2.45, 2.75) is 94.6 Å². The van der Waals surface area contributed by atoms with Gasteiger partial charge < -0.3 is 67.7 Å². The van der Waals surface area contributed by atoms with Crippen LogP contribution < -0.4 is 43.0 Å². The Balaban J connectivity index is 0.835. The van der Waals surface area contributed by atoms with Crippen molar-refractivity contribution in [1.82, 2.24) is 26.2 Å². The number of ether oxygens (including phenoxy) is 2. The summed E-state index contributed by atoms with van der Waals surface area (Å²) < 4.78 is 11.5. The molecule has 1 saturated heterocycles. The number of allylic oxidation sites excluding steroid dienone is 2. The molecule has 0 radical (unpaired) electrons. The van der Waals surface area contributed by atoms with Crippen LogP contribution in [-0.2, 0) is 50.4 Å². The molecular formula is C55H55N9O15. The average Bonchev–Trinajstić information content (AvgIpc) is 1.93. The highest BCUT2D eigenvalue weighted by Crippen LogP contribution is 2.67. The van der Waals surface area contributed by atoms with E-state index in [-0.39, 0.29) is 84.6 Å². The number of anilines is 3. The first kappa shape index (κ1) is 55.9. The van der Waals surface area contributed by atoms with Crippen molar-refractivity contribution >= 4 is 76.2 Å². The molecule has 3 aliphatic heterocycles. The zero-order valence-corrected chi connectivity index (χ0v) is 42.8. The number of nitrogens with zero attached hydrogens (tertiary/aromatic N) is 1. The predicted octanol–water partition coefficient (Wildman–Crippen LogP) is 0.827. The summed E-state index contributed by atoms with van der Waals surface area (Å²) >= 11 is 0. The molecule has 2 aliphatic carbocycles. The number of ketones is 2. The highest BCUT2D eigenvalue weighted by Gasteiger charge is 2.82. The number of benzene rings is 3. The number of hydrogen-bond donors (Lipinski definition) is 11. The monoisotopic (exact) mass is 1080 g/mol. The molecule has 9 amide bonds. The van der Waals surface area contributed by atoms with Gasteiger partial charge in [-0.2, -0.15) is 0 Å². The first-order chi connectivity index (χ1) is 37.7. The van der Waals surface area contributed by atoms with Gasteiger partial charge in [0.05, 0.1) is 22.9 Å². The van der Waals surface area contributed by atoms with Crippen LogP contribution in [0.15, 0.2) is 72.8 Å². The number of urea groups is 1. The maximum absolute atomic E-state index is 14.3. The maximum Gasteiger partial charge on any atom is 0.407 e. The summed E-state index contributed by atoms with van der Waals surface area (Å²) in [6.07, 6.45) is 1.77. The second-order valence-electron chi connectivity index (χ2n) is 19.4. The molecule has 0 aromatic heterocycles. The van der Waals surface area contributed by atoms with Crippen LogP contribution in [0, 0.1) is 29.6 Å². The first-order valence-corrected chi connectivity index (χ1v) is 25.1. The number of primary amides is 1. The van der Waals surface area contributed by atoms with Crippen LogP contribution in [0.3, 0.4) is 0 Å². The molecule has 7 unspecified atom stereocenters. The Hall–Kier alpha value is -9.36. The molecule has 1 fully saturated rings. The van der Waals surface area contributed by atoms with E-state index in [0.29, 0.717) is 11.3 Å². The van der Waals surface area contributed by atoms with Gasteiger partial charge in [0, 0.05) is 59.7 Å². The average molecular weight is 1080 g/mol. The third kappa shape index (κ3) is 11.4. The topological polar surface area (TPSA) is 367 Å². The lowest BCUT2D eigenvalue weighted by molar-refractivity contribution is -0.137. The molecule has 410 valence electrons. The van der Waals surface area contributed by atoms with E-state index in [1.807, 2.05) is 0 Å². The van der Waals surface area contributed by atoms with E-state index in [1.165, 1.54) is 55.5 Å². The number of rotatable bonds is 20. The van der Waals surface area contributed by atoms with Crippen LogP contribution in [0.5, 0.6) is 5.75 Å². The van der Waals surface area contributed by atoms with E-state index < -0.39 is 119 Å². The number of carbonyl (C=O) groups excluding carboxylic acids is 10. The van der Waals surface area contributed by atoms with Gasteiger partial charge in [-0.1, -0.05) is 49.7 Å². The van der Waals surface area contributed by atoms with Crippen LogP contribution >= 0.6 is 0 Å². The number of imide groups is 1. The SMILES string of the molecule is CC(C)C(NC(=O)CCCN1C(=O)C=CC1=O)C(=O)NC(CCCNC(N)=O)C(=O)Nc1ccc(COC(=O)NCC(=O)Nc2ccc3c(c2)C(=O)c2c(O)cc4c(c2C3=O)NC2C#CC=CC#CC(O)C43OC23C(C)O)cc1. The Labute approximate surface area is 451 Å². The Morgan fingerprint density at radius 3 is 2.19 bits per heavy atom. The van der Waals surface area contributed by atoms with Gasteiger partial charge in [0.15, 0.2) is 28.9 Å². The summed E-state index contributed by atoms with van der Waals surface area (Å²) in [5.41, 5.74) is 2.16. The molecule has 5 aliphatic rings. The van der Waals surface area contributed by atoms with Gasteiger partial charge in [0.1, 0.15) is 37.0 Å².